The highest BCUT2D eigenvalue weighted by Gasteiger charge is 2.81. The smallest absolute Gasteiger partial charge is 0.312 e. The van der Waals surface area contributed by atoms with Crippen molar-refractivity contribution in [2.75, 3.05) is 20.2 Å². The molecule has 1 heterocycles. The number of carboxylic acids is 2. The summed E-state index contributed by atoms with van der Waals surface area (Å²) in [7, 11) is 1.44. The number of piperidine rings is 1. The van der Waals surface area contributed by atoms with Gasteiger partial charge in [0.15, 0.2) is 0 Å². The number of nitrogens with zero attached hydrogens (tertiary/aromatic N) is 1. The molecule has 0 bridgehead atoms. The highest BCUT2D eigenvalue weighted by molar-refractivity contribution is 6.01. The van der Waals surface area contributed by atoms with E-state index in [2.05, 4.69) is 0 Å². The van der Waals surface area contributed by atoms with Crippen LogP contribution >= 0.6 is 0 Å². The van der Waals surface area contributed by atoms with E-state index in [1.165, 1.54) is 12.0 Å². The van der Waals surface area contributed by atoms with Crippen molar-refractivity contribution in [1.29, 1.82) is 0 Å². The first-order valence-electron chi connectivity index (χ1n) is 7.18. The Morgan fingerprint density at radius 3 is 2.17 bits per heavy atom. The summed E-state index contributed by atoms with van der Waals surface area (Å²) in [5.41, 5.74) is -1.56. The molecule has 0 aromatic heterocycles. The van der Waals surface area contributed by atoms with Gasteiger partial charge in [0.05, 0.1) is 12.7 Å². The van der Waals surface area contributed by atoms with E-state index in [9.17, 15) is 24.6 Å². The van der Waals surface area contributed by atoms with Crippen LogP contribution in [0.1, 0.15) is 22.3 Å². The number of fused-ring (bicyclic) bond motifs is 1. The number of carbonyl (C=O) groups excluding carboxylic acids is 1. The standard InChI is InChI=1S/C16H17NO6/c1-9-3-4-11(23-2)10(5-9)12(18)17-7-15(13(19)20)6-16(15,8-17)14(21)22/h3-5H,6-8H2,1-2H3,(H,19,20)(H,21,22)/t15-,16+. The Labute approximate surface area is 132 Å². The van der Waals surface area contributed by atoms with Gasteiger partial charge in [-0.25, -0.2) is 0 Å². The van der Waals surface area contributed by atoms with Gasteiger partial charge in [0, 0.05) is 13.1 Å². The van der Waals surface area contributed by atoms with Crippen molar-refractivity contribution >= 4 is 17.8 Å². The van der Waals surface area contributed by atoms with Crippen molar-refractivity contribution in [3.8, 4) is 5.75 Å². The lowest BCUT2D eigenvalue weighted by Crippen LogP contribution is -2.34. The van der Waals surface area contributed by atoms with Gasteiger partial charge in [-0.3, -0.25) is 14.4 Å². The molecule has 0 unspecified atom stereocenters. The summed E-state index contributed by atoms with van der Waals surface area (Å²) in [5.74, 6) is -2.34. The quantitative estimate of drug-likeness (QED) is 0.858. The van der Waals surface area contributed by atoms with Crippen molar-refractivity contribution in [3.05, 3.63) is 29.3 Å². The molecular formula is C16H17NO6. The molecule has 7 nitrogen and oxygen atoms in total. The third-order valence-corrected chi connectivity index (χ3v) is 5.01. The van der Waals surface area contributed by atoms with Crippen LogP contribution in [0.15, 0.2) is 18.2 Å². The zero-order valence-electron chi connectivity index (χ0n) is 12.8. The summed E-state index contributed by atoms with van der Waals surface area (Å²) in [4.78, 5) is 37.1. The fourth-order valence-electron chi connectivity index (χ4n) is 3.59. The zero-order valence-corrected chi connectivity index (χ0v) is 12.8. The Morgan fingerprint density at radius 2 is 1.70 bits per heavy atom. The van der Waals surface area contributed by atoms with Crippen LogP contribution in [0.4, 0.5) is 0 Å². The molecule has 7 heteroatoms. The number of hydrogen-bond acceptors (Lipinski definition) is 4. The number of amides is 1. The minimum Gasteiger partial charge on any atom is -0.496 e. The van der Waals surface area contributed by atoms with E-state index in [-0.39, 0.29) is 19.5 Å². The van der Waals surface area contributed by atoms with Gasteiger partial charge in [-0.2, -0.15) is 0 Å². The first-order valence-corrected chi connectivity index (χ1v) is 7.18. The van der Waals surface area contributed by atoms with Crippen LogP contribution in [0, 0.1) is 17.8 Å². The molecular weight excluding hydrogens is 302 g/mol. The lowest BCUT2D eigenvalue weighted by atomic mass is 9.97. The fourth-order valence-corrected chi connectivity index (χ4v) is 3.59. The number of hydrogen-bond donors (Lipinski definition) is 2. The van der Waals surface area contributed by atoms with Gasteiger partial charge in [0.2, 0.25) is 0 Å². The van der Waals surface area contributed by atoms with E-state index in [0.717, 1.165) is 5.56 Å². The summed E-state index contributed by atoms with van der Waals surface area (Å²) >= 11 is 0. The van der Waals surface area contributed by atoms with Crippen molar-refractivity contribution in [3.63, 3.8) is 0 Å². The third-order valence-electron chi connectivity index (χ3n) is 5.01. The van der Waals surface area contributed by atoms with E-state index in [0.29, 0.717) is 11.3 Å². The molecule has 2 atom stereocenters. The molecule has 1 saturated heterocycles. The Morgan fingerprint density at radius 1 is 1.13 bits per heavy atom. The van der Waals surface area contributed by atoms with Crippen LogP contribution in [0.2, 0.25) is 0 Å². The molecule has 122 valence electrons. The molecule has 2 N–H and O–H groups in total. The van der Waals surface area contributed by atoms with E-state index < -0.39 is 28.7 Å². The van der Waals surface area contributed by atoms with Crippen molar-refractivity contribution in [1.82, 2.24) is 4.90 Å². The highest BCUT2D eigenvalue weighted by Crippen LogP contribution is 2.68. The number of likely N-dealkylation sites (tertiary alicyclic amines) is 1. The first-order chi connectivity index (χ1) is 10.8. The van der Waals surface area contributed by atoms with E-state index in [1.807, 2.05) is 6.92 Å². The minimum absolute atomic E-state index is 0.0688. The van der Waals surface area contributed by atoms with E-state index in [4.69, 9.17) is 4.74 Å². The third kappa shape index (κ3) is 1.92. The molecule has 1 aromatic rings. The predicted molar refractivity (Wildman–Crippen MR) is 78.4 cm³/mol. The van der Waals surface area contributed by atoms with E-state index >= 15 is 0 Å². The Bertz CT molecular complexity index is 701. The number of carboxylic acid groups (broad SMARTS) is 2. The van der Waals surface area contributed by atoms with E-state index in [1.54, 1.807) is 18.2 Å². The summed E-state index contributed by atoms with van der Waals surface area (Å²) in [5, 5.41) is 18.8. The second-order valence-electron chi connectivity index (χ2n) is 6.32. The van der Waals surface area contributed by atoms with Gasteiger partial charge in [0.1, 0.15) is 16.6 Å². The van der Waals surface area contributed by atoms with Crippen molar-refractivity contribution in [2.45, 2.75) is 13.3 Å². The molecule has 0 radical (unpaired) electrons. The molecule has 1 aromatic carbocycles. The lowest BCUT2D eigenvalue weighted by Gasteiger charge is -2.21. The Hall–Kier alpha value is -2.57. The number of ether oxygens (including phenoxy) is 1. The summed E-state index contributed by atoms with van der Waals surface area (Å²) in [6.07, 6.45) is 0.0688. The number of aryl methyl sites for hydroxylation is 1. The molecule has 3 rings (SSSR count). The Kier molecular flexibility index (Phi) is 3.14. The molecule has 1 aliphatic carbocycles. The number of methoxy groups -OCH3 is 1. The van der Waals surface area contributed by atoms with Crippen molar-refractivity contribution < 1.29 is 29.3 Å². The second-order valence-corrected chi connectivity index (χ2v) is 6.32. The maximum Gasteiger partial charge on any atom is 0.312 e. The van der Waals surface area contributed by atoms with Gasteiger partial charge in [0.25, 0.3) is 5.91 Å². The molecule has 23 heavy (non-hydrogen) atoms. The maximum atomic E-state index is 12.7. The van der Waals surface area contributed by atoms with Crippen molar-refractivity contribution in [2.24, 2.45) is 10.8 Å². The van der Waals surface area contributed by atoms with Gasteiger partial charge in [-0.05, 0) is 25.5 Å². The SMILES string of the molecule is COc1ccc(C)cc1C(=O)N1C[C@@]2(C(=O)O)C[C@@]2(C(=O)O)C1. The summed E-state index contributed by atoms with van der Waals surface area (Å²) in [6, 6.07) is 5.12. The number of aliphatic carboxylic acids is 2. The fraction of sp³-hybridized carbons (Fsp3) is 0.438. The van der Waals surface area contributed by atoms with Gasteiger partial charge >= 0.3 is 11.9 Å². The van der Waals surface area contributed by atoms with Crippen LogP contribution < -0.4 is 4.74 Å². The van der Waals surface area contributed by atoms with Crippen LogP contribution in [-0.2, 0) is 9.59 Å². The van der Waals surface area contributed by atoms with Gasteiger partial charge < -0.3 is 19.8 Å². The molecule has 1 amide bonds. The molecule has 1 aliphatic heterocycles. The molecule has 2 fully saturated rings. The van der Waals surface area contributed by atoms with Gasteiger partial charge in [-0.1, -0.05) is 11.6 Å². The highest BCUT2D eigenvalue weighted by atomic mass is 16.5. The zero-order chi connectivity index (χ0) is 17.0. The minimum atomic E-state index is -1.37. The maximum absolute atomic E-state index is 12.7. The number of benzene rings is 1. The summed E-state index contributed by atoms with van der Waals surface area (Å²) in [6.45, 7) is 1.64. The number of carbonyl (C=O) groups is 3. The average Bonchev–Trinajstić information content (AvgIpc) is 3.05. The molecule has 0 spiro atoms. The second kappa shape index (κ2) is 4.71. The van der Waals surface area contributed by atoms with Crippen LogP contribution in [0.3, 0.4) is 0 Å². The average molecular weight is 319 g/mol. The van der Waals surface area contributed by atoms with Crippen LogP contribution in [0.25, 0.3) is 0 Å². The van der Waals surface area contributed by atoms with Crippen LogP contribution in [-0.4, -0.2) is 53.2 Å². The molecule has 2 aliphatic rings. The topological polar surface area (TPSA) is 104 Å². The van der Waals surface area contributed by atoms with Gasteiger partial charge in [-0.15, -0.1) is 0 Å². The Balaban J connectivity index is 1.93. The monoisotopic (exact) mass is 319 g/mol. The number of rotatable bonds is 4. The normalized spacial score (nSPS) is 28.2. The largest absolute Gasteiger partial charge is 0.496 e. The van der Waals surface area contributed by atoms with Crippen LogP contribution in [0.5, 0.6) is 5.75 Å². The lowest BCUT2D eigenvalue weighted by molar-refractivity contribution is -0.151. The summed E-state index contributed by atoms with van der Waals surface area (Å²) < 4.78 is 5.18. The molecule has 1 saturated carbocycles. The predicted octanol–water partition coefficient (Wildman–Crippen LogP) is 1.01. The first kappa shape index (κ1) is 15.3.